The molecule has 2 heterocycles. The maximum Gasteiger partial charge on any atom is 0.326 e. The number of nitrogens with one attached hydrogen (secondary N) is 5. The van der Waals surface area contributed by atoms with Crippen LogP contribution >= 0.6 is 0 Å². The number of para-hydroxylation sites is 2. The van der Waals surface area contributed by atoms with E-state index < -0.39 is 60.2 Å². The second kappa shape index (κ2) is 15.2. The molecular weight excluding hydrogens is 632 g/mol. The van der Waals surface area contributed by atoms with E-state index in [4.69, 9.17) is 5.73 Å². The highest BCUT2D eigenvalue weighted by Gasteiger charge is 2.32. The normalized spacial score (nSPS) is 13.7. The number of amides is 3. The lowest BCUT2D eigenvalue weighted by molar-refractivity contribution is -0.143. The van der Waals surface area contributed by atoms with Crippen LogP contribution in [0.2, 0.25) is 0 Å². The lowest BCUT2D eigenvalue weighted by Gasteiger charge is -2.25. The minimum Gasteiger partial charge on any atom is -0.508 e. The SMILES string of the molecule is NC(Cc1c[nH]c2ccccc12)C(=O)NC(CC(=O)O)C(=O)NC(Cc1ccc(O)cc1)C(=O)NC(Cc1c[nH]c2ccccc12)C(=O)O. The van der Waals surface area contributed by atoms with E-state index in [1.807, 2.05) is 42.5 Å². The molecule has 0 radical (unpaired) electrons. The molecule has 5 rings (SSSR count). The van der Waals surface area contributed by atoms with E-state index in [9.17, 15) is 39.3 Å². The number of carbonyl (C=O) groups is 5. The van der Waals surface area contributed by atoms with Crippen LogP contribution in [-0.2, 0) is 43.2 Å². The number of phenolic OH excluding ortho intramolecular Hbond substituents is 1. The summed E-state index contributed by atoms with van der Waals surface area (Å²) >= 11 is 0. The van der Waals surface area contributed by atoms with Gasteiger partial charge in [-0.2, -0.15) is 0 Å². The highest BCUT2D eigenvalue weighted by molar-refractivity contribution is 5.96. The summed E-state index contributed by atoms with van der Waals surface area (Å²) in [7, 11) is 0. The number of aromatic amines is 2. The summed E-state index contributed by atoms with van der Waals surface area (Å²) in [5.41, 5.74) is 9.71. The molecule has 0 aliphatic rings. The number of hydrogen-bond donors (Lipinski definition) is 9. The standard InChI is InChI=1S/C35H36N6O8/c36-25(14-20-17-37-26-7-3-1-5-23(20)26)32(45)39-29(16-31(43)44)34(47)40-28(13-19-9-11-22(42)12-10-19)33(46)41-30(35(48)49)15-21-18-38-27-8-4-2-6-24(21)27/h1-12,17-18,25,28-30,37-38,42H,13-16,36H2,(H,39,45)(H,40,47)(H,41,46)(H,43,44)(H,48,49). The summed E-state index contributed by atoms with van der Waals surface area (Å²) in [6, 6.07) is 15.0. The number of aromatic nitrogens is 2. The average Bonchev–Trinajstić information content (AvgIpc) is 3.68. The summed E-state index contributed by atoms with van der Waals surface area (Å²) in [5, 5.41) is 38.3. The molecule has 4 unspecified atom stereocenters. The first-order chi connectivity index (χ1) is 23.5. The van der Waals surface area contributed by atoms with Crippen molar-refractivity contribution in [2.24, 2.45) is 5.73 Å². The first kappa shape index (κ1) is 34.2. The Morgan fingerprint density at radius 2 is 1.14 bits per heavy atom. The highest BCUT2D eigenvalue weighted by Crippen LogP contribution is 2.20. The fourth-order valence-electron chi connectivity index (χ4n) is 5.63. The van der Waals surface area contributed by atoms with Crippen molar-refractivity contribution in [1.29, 1.82) is 0 Å². The summed E-state index contributed by atoms with van der Waals surface area (Å²) in [5.74, 6) is -5.37. The molecule has 4 atom stereocenters. The van der Waals surface area contributed by atoms with Crippen molar-refractivity contribution < 1.29 is 39.3 Å². The maximum absolute atomic E-state index is 13.6. The van der Waals surface area contributed by atoms with Crippen LogP contribution < -0.4 is 21.7 Å². The second-order valence-electron chi connectivity index (χ2n) is 11.7. The average molecular weight is 669 g/mol. The number of fused-ring (bicyclic) bond motifs is 2. The number of carboxylic acid groups (broad SMARTS) is 2. The summed E-state index contributed by atoms with van der Waals surface area (Å²) in [6.07, 6.45) is 2.43. The second-order valence-corrected chi connectivity index (χ2v) is 11.7. The number of benzene rings is 3. The predicted molar refractivity (Wildman–Crippen MR) is 179 cm³/mol. The minimum absolute atomic E-state index is 0.0355. The zero-order chi connectivity index (χ0) is 35.1. The van der Waals surface area contributed by atoms with Gasteiger partial charge in [0.2, 0.25) is 17.7 Å². The molecule has 2 aromatic heterocycles. The van der Waals surface area contributed by atoms with Gasteiger partial charge in [0.1, 0.15) is 23.9 Å². The highest BCUT2D eigenvalue weighted by atomic mass is 16.4. The predicted octanol–water partition coefficient (Wildman–Crippen LogP) is 1.72. The lowest BCUT2D eigenvalue weighted by atomic mass is 10.0. The van der Waals surface area contributed by atoms with Crippen molar-refractivity contribution in [2.45, 2.75) is 49.9 Å². The first-order valence-corrected chi connectivity index (χ1v) is 15.5. The molecule has 0 aliphatic heterocycles. The van der Waals surface area contributed by atoms with Gasteiger partial charge in [0.05, 0.1) is 12.5 Å². The number of aromatic hydroxyl groups is 1. The summed E-state index contributed by atoms with van der Waals surface area (Å²) < 4.78 is 0. The van der Waals surface area contributed by atoms with Gasteiger partial charge in [-0.3, -0.25) is 19.2 Å². The van der Waals surface area contributed by atoms with Crippen molar-refractivity contribution in [3.8, 4) is 5.75 Å². The molecule has 14 nitrogen and oxygen atoms in total. The Morgan fingerprint density at radius 3 is 1.71 bits per heavy atom. The topological polar surface area (TPSA) is 240 Å². The Hall–Kier alpha value is -6.15. The number of carbonyl (C=O) groups excluding carboxylic acids is 3. The van der Waals surface area contributed by atoms with E-state index in [1.54, 1.807) is 18.5 Å². The molecule has 0 bridgehead atoms. The van der Waals surface area contributed by atoms with Crippen LogP contribution in [0.5, 0.6) is 5.75 Å². The molecule has 0 fully saturated rings. The smallest absolute Gasteiger partial charge is 0.326 e. The quantitative estimate of drug-likeness (QED) is 0.0788. The Balaban J connectivity index is 1.32. The number of H-pyrrole nitrogens is 2. The third-order valence-corrected chi connectivity index (χ3v) is 8.19. The number of hydrogen-bond acceptors (Lipinski definition) is 7. The Morgan fingerprint density at radius 1 is 0.633 bits per heavy atom. The van der Waals surface area contributed by atoms with Gasteiger partial charge in [-0.1, -0.05) is 48.5 Å². The van der Waals surface area contributed by atoms with Crippen molar-refractivity contribution in [1.82, 2.24) is 25.9 Å². The zero-order valence-electron chi connectivity index (χ0n) is 26.2. The zero-order valence-corrected chi connectivity index (χ0v) is 26.2. The summed E-state index contributed by atoms with van der Waals surface area (Å²) in [4.78, 5) is 70.5. The molecule has 0 saturated heterocycles. The van der Waals surface area contributed by atoms with Crippen molar-refractivity contribution in [2.75, 3.05) is 0 Å². The van der Waals surface area contributed by atoms with Gasteiger partial charge in [-0.15, -0.1) is 0 Å². The van der Waals surface area contributed by atoms with E-state index in [2.05, 4.69) is 25.9 Å². The van der Waals surface area contributed by atoms with E-state index in [-0.39, 0.29) is 25.0 Å². The molecule has 10 N–H and O–H groups in total. The third-order valence-electron chi connectivity index (χ3n) is 8.19. The van der Waals surface area contributed by atoms with Crippen molar-refractivity contribution >= 4 is 51.5 Å². The number of nitrogens with two attached hydrogens (primary N) is 1. The van der Waals surface area contributed by atoms with Gasteiger partial charge in [0.15, 0.2) is 0 Å². The molecule has 3 amide bonds. The molecule has 254 valence electrons. The van der Waals surface area contributed by atoms with Gasteiger partial charge in [0, 0.05) is 47.0 Å². The van der Waals surface area contributed by atoms with Crippen LogP contribution in [0.3, 0.4) is 0 Å². The fraction of sp³-hybridized carbons (Fsp3) is 0.229. The molecular formula is C35H36N6O8. The molecule has 3 aromatic carbocycles. The lowest BCUT2D eigenvalue weighted by Crippen LogP contribution is -2.58. The van der Waals surface area contributed by atoms with Gasteiger partial charge in [-0.25, -0.2) is 4.79 Å². The number of phenols is 1. The van der Waals surface area contributed by atoms with E-state index >= 15 is 0 Å². The molecule has 14 heteroatoms. The van der Waals surface area contributed by atoms with E-state index in [1.165, 1.54) is 24.3 Å². The van der Waals surface area contributed by atoms with Gasteiger partial charge in [-0.05, 0) is 47.4 Å². The molecule has 5 aromatic rings. The Bertz CT molecular complexity index is 1980. The molecule has 0 spiro atoms. The first-order valence-electron chi connectivity index (χ1n) is 15.5. The van der Waals surface area contributed by atoms with E-state index in [0.29, 0.717) is 11.1 Å². The molecule has 0 saturated carbocycles. The minimum atomic E-state index is -1.62. The Labute approximate surface area is 279 Å². The van der Waals surface area contributed by atoms with Gasteiger partial charge in [0.25, 0.3) is 0 Å². The third kappa shape index (κ3) is 8.61. The van der Waals surface area contributed by atoms with Gasteiger partial charge < -0.3 is 47.0 Å². The number of rotatable bonds is 15. The van der Waals surface area contributed by atoms with Crippen molar-refractivity contribution in [3.63, 3.8) is 0 Å². The van der Waals surface area contributed by atoms with Gasteiger partial charge >= 0.3 is 11.9 Å². The van der Waals surface area contributed by atoms with Crippen LogP contribution in [0, 0.1) is 0 Å². The van der Waals surface area contributed by atoms with Crippen LogP contribution in [0.1, 0.15) is 23.1 Å². The molecule has 49 heavy (non-hydrogen) atoms. The fourth-order valence-corrected chi connectivity index (χ4v) is 5.63. The number of aliphatic carboxylic acids is 2. The Kier molecular flexibility index (Phi) is 10.6. The molecule has 0 aliphatic carbocycles. The largest absolute Gasteiger partial charge is 0.508 e. The monoisotopic (exact) mass is 668 g/mol. The van der Waals surface area contributed by atoms with Crippen LogP contribution in [0.25, 0.3) is 21.8 Å². The number of carboxylic acids is 2. The maximum atomic E-state index is 13.6. The summed E-state index contributed by atoms with van der Waals surface area (Å²) in [6.45, 7) is 0. The van der Waals surface area contributed by atoms with Crippen molar-refractivity contribution in [3.05, 3.63) is 102 Å². The van der Waals surface area contributed by atoms with Crippen LogP contribution in [-0.4, -0.2) is 79.1 Å². The van der Waals surface area contributed by atoms with Crippen LogP contribution in [0.4, 0.5) is 0 Å². The van der Waals surface area contributed by atoms with Crippen LogP contribution in [0.15, 0.2) is 85.2 Å². The van der Waals surface area contributed by atoms with E-state index in [0.717, 1.165) is 27.4 Å².